The summed E-state index contributed by atoms with van der Waals surface area (Å²) in [7, 11) is 2.16. The van der Waals surface area contributed by atoms with Crippen molar-refractivity contribution in [1.82, 2.24) is 9.88 Å². The molecule has 3 nitrogen and oxygen atoms in total. The summed E-state index contributed by atoms with van der Waals surface area (Å²) in [5.74, 6) is 1.11. The number of likely N-dealkylation sites (N-methyl/N-ethyl adjacent to an activating group) is 1. The molecule has 1 aromatic heterocycles. The average molecular weight is 279 g/mol. The van der Waals surface area contributed by atoms with E-state index in [1.807, 2.05) is 32.2 Å². The van der Waals surface area contributed by atoms with Crippen molar-refractivity contribution in [3.05, 3.63) is 24.4 Å². The molecule has 1 aliphatic heterocycles. The van der Waals surface area contributed by atoms with Gasteiger partial charge in [0, 0.05) is 32.4 Å². The Kier molecular flexibility index (Phi) is 12.2. The lowest BCUT2D eigenvalue weighted by Crippen LogP contribution is -2.44. The van der Waals surface area contributed by atoms with E-state index < -0.39 is 0 Å². The van der Waals surface area contributed by atoms with E-state index in [0.29, 0.717) is 0 Å². The smallest absolute Gasteiger partial charge is 0.128 e. The van der Waals surface area contributed by atoms with Crippen molar-refractivity contribution in [2.45, 2.75) is 47.0 Å². The molecular formula is C17H33N3. The van der Waals surface area contributed by atoms with Crippen molar-refractivity contribution in [3.8, 4) is 0 Å². The molecule has 0 saturated carbocycles. The Hall–Kier alpha value is -1.09. The first-order chi connectivity index (χ1) is 9.77. The number of piperazine rings is 1. The second-order valence-corrected chi connectivity index (χ2v) is 4.83. The lowest BCUT2D eigenvalue weighted by atomic mass is 10.3. The van der Waals surface area contributed by atoms with Gasteiger partial charge in [0.2, 0.25) is 0 Å². The van der Waals surface area contributed by atoms with E-state index in [9.17, 15) is 0 Å². The molecule has 1 aromatic rings. The SMILES string of the molecule is CC.CCCCC.CN1CCN(c2ccccn2)CC1. The Morgan fingerprint density at radius 3 is 2.00 bits per heavy atom. The van der Waals surface area contributed by atoms with Crippen LogP contribution in [-0.4, -0.2) is 43.1 Å². The van der Waals surface area contributed by atoms with E-state index >= 15 is 0 Å². The first-order valence-electron chi connectivity index (χ1n) is 8.12. The summed E-state index contributed by atoms with van der Waals surface area (Å²) < 4.78 is 0. The molecule has 0 aliphatic carbocycles. The van der Waals surface area contributed by atoms with E-state index in [1.54, 1.807) is 0 Å². The van der Waals surface area contributed by atoms with Gasteiger partial charge >= 0.3 is 0 Å². The van der Waals surface area contributed by atoms with Crippen LogP contribution in [-0.2, 0) is 0 Å². The molecule has 0 bridgehead atoms. The van der Waals surface area contributed by atoms with E-state index in [4.69, 9.17) is 0 Å². The topological polar surface area (TPSA) is 19.4 Å². The zero-order chi connectivity index (χ0) is 15.2. The molecule has 3 heteroatoms. The van der Waals surface area contributed by atoms with Crippen LogP contribution in [0.1, 0.15) is 47.0 Å². The summed E-state index contributed by atoms with van der Waals surface area (Å²) >= 11 is 0. The minimum atomic E-state index is 1.09. The number of unbranched alkanes of at least 4 members (excludes halogenated alkanes) is 2. The van der Waals surface area contributed by atoms with Gasteiger partial charge in [-0.2, -0.15) is 0 Å². The fourth-order valence-corrected chi connectivity index (χ4v) is 1.93. The highest BCUT2D eigenvalue weighted by Gasteiger charge is 2.14. The molecule has 20 heavy (non-hydrogen) atoms. The van der Waals surface area contributed by atoms with Crippen LogP contribution in [0.5, 0.6) is 0 Å². The molecule has 1 saturated heterocycles. The largest absolute Gasteiger partial charge is 0.354 e. The fourth-order valence-electron chi connectivity index (χ4n) is 1.93. The van der Waals surface area contributed by atoms with Crippen LogP contribution in [0.25, 0.3) is 0 Å². The minimum Gasteiger partial charge on any atom is -0.354 e. The van der Waals surface area contributed by atoms with E-state index in [0.717, 1.165) is 32.0 Å². The molecule has 2 rings (SSSR count). The van der Waals surface area contributed by atoms with Gasteiger partial charge in [0.25, 0.3) is 0 Å². The third-order valence-electron chi connectivity index (χ3n) is 3.18. The molecule has 1 fully saturated rings. The second-order valence-electron chi connectivity index (χ2n) is 4.83. The van der Waals surface area contributed by atoms with Crippen molar-refractivity contribution >= 4 is 5.82 Å². The maximum atomic E-state index is 4.33. The third-order valence-corrected chi connectivity index (χ3v) is 3.18. The lowest BCUT2D eigenvalue weighted by Gasteiger charge is -2.33. The van der Waals surface area contributed by atoms with E-state index in [-0.39, 0.29) is 0 Å². The van der Waals surface area contributed by atoms with Crippen LogP contribution >= 0.6 is 0 Å². The van der Waals surface area contributed by atoms with Crippen molar-refractivity contribution in [1.29, 1.82) is 0 Å². The highest BCUT2D eigenvalue weighted by Crippen LogP contribution is 2.11. The standard InChI is InChI=1S/C10H15N3.C5H12.C2H6/c1-12-6-8-13(9-7-12)10-4-2-3-5-11-10;1-3-5-4-2;1-2/h2-5H,6-9H2,1H3;3-5H2,1-2H3;1-2H3. The maximum absolute atomic E-state index is 4.33. The summed E-state index contributed by atoms with van der Waals surface area (Å²) in [5, 5.41) is 0. The monoisotopic (exact) mass is 279 g/mol. The maximum Gasteiger partial charge on any atom is 0.128 e. The predicted octanol–water partition coefficient (Wildman–Crippen LogP) is 4.06. The first-order valence-corrected chi connectivity index (χ1v) is 8.12. The van der Waals surface area contributed by atoms with Crippen LogP contribution in [0.4, 0.5) is 5.82 Å². The average Bonchev–Trinajstić information content (AvgIpc) is 2.52. The molecule has 0 N–H and O–H groups in total. The number of pyridine rings is 1. The molecule has 0 radical (unpaired) electrons. The Labute approximate surface area is 126 Å². The van der Waals surface area contributed by atoms with Gasteiger partial charge in [-0.15, -0.1) is 0 Å². The van der Waals surface area contributed by atoms with Crippen molar-refractivity contribution in [3.63, 3.8) is 0 Å². The third kappa shape index (κ3) is 8.16. The highest BCUT2D eigenvalue weighted by atomic mass is 15.3. The highest BCUT2D eigenvalue weighted by molar-refractivity contribution is 5.38. The molecule has 0 atom stereocenters. The van der Waals surface area contributed by atoms with Crippen LogP contribution in [0, 0.1) is 0 Å². The summed E-state index contributed by atoms with van der Waals surface area (Å²) in [6, 6.07) is 6.07. The molecule has 0 aromatic carbocycles. The molecule has 0 spiro atoms. The van der Waals surface area contributed by atoms with E-state index in [1.165, 1.54) is 19.3 Å². The Balaban J connectivity index is 0.000000441. The van der Waals surface area contributed by atoms with Gasteiger partial charge < -0.3 is 9.80 Å². The zero-order valence-corrected chi connectivity index (χ0v) is 14.1. The molecule has 1 aliphatic rings. The van der Waals surface area contributed by atoms with Gasteiger partial charge in [-0.1, -0.05) is 53.0 Å². The normalized spacial score (nSPS) is 14.8. The van der Waals surface area contributed by atoms with Gasteiger partial charge in [-0.25, -0.2) is 4.98 Å². The summed E-state index contributed by atoms with van der Waals surface area (Å²) in [5.41, 5.74) is 0. The molecule has 2 heterocycles. The molecular weight excluding hydrogens is 246 g/mol. The molecule has 0 amide bonds. The number of hydrogen-bond donors (Lipinski definition) is 0. The Morgan fingerprint density at radius 2 is 1.60 bits per heavy atom. The number of aromatic nitrogens is 1. The van der Waals surface area contributed by atoms with Gasteiger partial charge in [-0.3, -0.25) is 0 Å². The van der Waals surface area contributed by atoms with Crippen molar-refractivity contribution in [2.75, 3.05) is 38.1 Å². The number of anilines is 1. The zero-order valence-electron chi connectivity index (χ0n) is 14.1. The second kappa shape index (κ2) is 12.9. The first kappa shape index (κ1) is 18.9. The number of rotatable bonds is 3. The van der Waals surface area contributed by atoms with Crippen molar-refractivity contribution in [2.24, 2.45) is 0 Å². The summed E-state index contributed by atoms with van der Waals surface area (Å²) in [4.78, 5) is 9.01. The summed E-state index contributed by atoms with van der Waals surface area (Å²) in [6.45, 7) is 12.9. The summed E-state index contributed by atoms with van der Waals surface area (Å²) in [6.07, 6.45) is 5.93. The van der Waals surface area contributed by atoms with Crippen LogP contribution in [0.2, 0.25) is 0 Å². The molecule has 116 valence electrons. The van der Waals surface area contributed by atoms with Crippen LogP contribution in [0.3, 0.4) is 0 Å². The number of hydrogen-bond acceptors (Lipinski definition) is 3. The molecule has 0 unspecified atom stereocenters. The van der Waals surface area contributed by atoms with Crippen LogP contribution < -0.4 is 4.90 Å². The van der Waals surface area contributed by atoms with Gasteiger partial charge in [0.1, 0.15) is 5.82 Å². The van der Waals surface area contributed by atoms with Crippen molar-refractivity contribution < 1.29 is 0 Å². The van der Waals surface area contributed by atoms with Gasteiger partial charge in [-0.05, 0) is 19.2 Å². The Bertz CT molecular complexity index is 290. The quantitative estimate of drug-likeness (QED) is 0.832. The van der Waals surface area contributed by atoms with Gasteiger partial charge in [0.05, 0.1) is 0 Å². The van der Waals surface area contributed by atoms with Crippen LogP contribution in [0.15, 0.2) is 24.4 Å². The predicted molar refractivity (Wildman–Crippen MR) is 90.5 cm³/mol. The number of nitrogens with zero attached hydrogens (tertiary/aromatic N) is 3. The lowest BCUT2D eigenvalue weighted by molar-refractivity contribution is 0.312. The minimum absolute atomic E-state index is 1.09. The fraction of sp³-hybridized carbons (Fsp3) is 0.706. The van der Waals surface area contributed by atoms with Gasteiger partial charge in [0.15, 0.2) is 0 Å². The Morgan fingerprint density at radius 1 is 1.00 bits per heavy atom. The van der Waals surface area contributed by atoms with E-state index in [2.05, 4.69) is 41.7 Å².